The molecule has 3 N–H and O–H groups in total. The molecule has 0 fully saturated rings. The van der Waals surface area contributed by atoms with E-state index in [1.165, 1.54) is 0 Å². The maximum atomic E-state index is 12.4. The third kappa shape index (κ3) is 7.14. The lowest BCUT2D eigenvalue weighted by atomic mass is 10.1. The fourth-order valence-corrected chi connectivity index (χ4v) is 3.58. The lowest BCUT2D eigenvalue weighted by molar-refractivity contribution is -0.121. The van der Waals surface area contributed by atoms with Crippen molar-refractivity contribution in [2.75, 3.05) is 18.4 Å². The molecule has 0 aliphatic carbocycles. The smallest absolute Gasteiger partial charge is 0.408 e. The van der Waals surface area contributed by atoms with Crippen molar-refractivity contribution in [3.05, 3.63) is 65.2 Å². The summed E-state index contributed by atoms with van der Waals surface area (Å²) in [5.41, 5.74) is 1.27. The summed E-state index contributed by atoms with van der Waals surface area (Å²) in [6, 6.07) is 13.6. The summed E-state index contributed by atoms with van der Waals surface area (Å²) >= 11 is 0. The first-order chi connectivity index (χ1) is 17.0. The topological polar surface area (TPSA) is 134 Å². The second kappa shape index (κ2) is 11.5. The Morgan fingerprint density at radius 2 is 1.47 bits per heavy atom. The van der Waals surface area contributed by atoms with Gasteiger partial charge in [0, 0.05) is 25.2 Å². The Bertz CT molecular complexity index is 1140. The van der Waals surface area contributed by atoms with Gasteiger partial charge in [-0.3, -0.25) is 24.1 Å². The first kappa shape index (κ1) is 26.4. The molecule has 10 nitrogen and oxygen atoms in total. The van der Waals surface area contributed by atoms with E-state index in [4.69, 9.17) is 4.74 Å². The number of carbonyl (C=O) groups excluding carboxylic acids is 5. The van der Waals surface area contributed by atoms with Crippen molar-refractivity contribution in [1.82, 2.24) is 15.5 Å². The number of para-hydroxylation sites is 1. The van der Waals surface area contributed by atoms with Gasteiger partial charge in [0.15, 0.2) is 0 Å². The summed E-state index contributed by atoms with van der Waals surface area (Å²) in [5.74, 6) is -1.39. The molecule has 0 spiro atoms. The Labute approximate surface area is 209 Å². The molecule has 0 atom stereocenters. The van der Waals surface area contributed by atoms with E-state index in [0.29, 0.717) is 28.8 Å². The number of carbonyl (C=O) groups is 5. The van der Waals surface area contributed by atoms with Crippen LogP contribution in [0.3, 0.4) is 0 Å². The number of benzene rings is 2. The van der Waals surface area contributed by atoms with Crippen molar-refractivity contribution in [2.24, 2.45) is 0 Å². The van der Waals surface area contributed by atoms with Crippen LogP contribution in [0.4, 0.5) is 10.5 Å². The molecule has 5 amide bonds. The second-order valence-electron chi connectivity index (χ2n) is 9.25. The predicted molar refractivity (Wildman–Crippen MR) is 132 cm³/mol. The first-order valence-electron chi connectivity index (χ1n) is 11.6. The number of hydrogen-bond acceptors (Lipinski definition) is 6. The summed E-state index contributed by atoms with van der Waals surface area (Å²) in [5, 5.41) is 7.89. The minimum absolute atomic E-state index is 0.127. The molecular formula is C26H30N4O6. The number of nitrogens with zero attached hydrogens (tertiary/aromatic N) is 1. The fourth-order valence-electron chi connectivity index (χ4n) is 3.58. The van der Waals surface area contributed by atoms with Crippen molar-refractivity contribution in [1.29, 1.82) is 0 Å². The van der Waals surface area contributed by atoms with Crippen molar-refractivity contribution < 1.29 is 28.7 Å². The van der Waals surface area contributed by atoms with Crippen LogP contribution in [0, 0.1) is 0 Å². The third-order valence-corrected chi connectivity index (χ3v) is 5.22. The Morgan fingerprint density at radius 3 is 2.11 bits per heavy atom. The second-order valence-corrected chi connectivity index (χ2v) is 9.25. The van der Waals surface area contributed by atoms with Crippen LogP contribution in [0.1, 0.15) is 59.9 Å². The molecule has 0 bridgehead atoms. The van der Waals surface area contributed by atoms with Gasteiger partial charge in [-0.2, -0.15) is 0 Å². The van der Waals surface area contributed by atoms with Crippen molar-refractivity contribution in [3.63, 3.8) is 0 Å². The van der Waals surface area contributed by atoms with Gasteiger partial charge in [-0.1, -0.05) is 30.3 Å². The van der Waals surface area contributed by atoms with E-state index in [1.807, 2.05) is 0 Å². The van der Waals surface area contributed by atoms with Gasteiger partial charge < -0.3 is 20.7 Å². The largest absolute Gasteiger partial charge is 0.444 e. The highest BCUT2D eigenvalue weighted by Crippen LogP contribution is 2.22. The highest BCUT2D eigenvalue weighted by Gasteiger charge is 2.34. The number of anilines is 1. The number of rotatable bonds is 9. The molecule has 190 valence electrons. The van der Waals surface area contributed by atoms with Crippen LogP contribution in [0.2, 0.25) is 0 Å². The monoisotopic (exact) mass is 494 g/mol. The van der Waals surface area contributed by atoms with Gasteiger partial charge in [0.1, 0.15) is 12.1 Å². The Kier molecular flexibility index (Phi) is 8.42. The van der Waals surface area contributed by atoms with Gasteiger partial charge in [-0.05, 0) is 51.0 Å². The molecule has 0 saturated heterocycles. The van der Waals surface area contributed by atoms with E-state index in [-0.39, 0.29) is 43.8 Å². The zero-order valence-electron chi connectivity index (χ0n) is 20.6. The number of fused-ring (bicyclic) bond motifs is 1. The zero-order chi connectivity index (χ0) is 26.3. The molecule has 2 aromatic carbocycles. The predicted octanol–water partition coefficient (Wildman–Crippen LogP) is 2.84. The van der Waals surface area contributed by atoms with Crippen LogP contribution in [0.25, 0.3) is 0 Å². The van der Waals surface area contributed by atoms with Gasteiger partial charge in [0.05, 0.1) is 11.1 Å². The molecule has 0 aromatic heterocycles. The van der Waals surface area contributed by atoms with Gasteiger partial charge in [-0.15, -0.1) is 0 Å². The standard InChI is InChI=1S/C26H30N4O6/c1-26(2,3)36-25(35)28-16-22(32)29-20-12-7-4-9-17(20)15-27-21(31)13-8-14-30-23(33)18-10-5-6-11-19(18)24(30)34/h4-7,9-12H,8,13-16H2,1-3H3,(H,27,31)(H,28,35)(H,29,32). The summed E-state index contributed by atoms with van der Waals surface area (Å²) in [6.45, 7) is 5.22. The number of amides is 5. The lowest BCUT2D eigenvalue weighted by Gasteiger charge is -2.19. The number of imide groups is 1. The molecule has 0 radical (unpaired) electrons. The summed E-state index contributed by atoms with van der Waals surface area (Å²) in [4.78, 5) is 62.3. The van der Waals surface area contributed by atoms with E-state index in [2.05, 4.69) is 16.0 Å². The lowest BCUT2D eigenvalue weighted by Crippen LogP contribution is -2.37. The van der Waals surface area contributed by atoms with Gasteiger partial charge in [0.25, 0.3) is 11.8 Å². The van der Waals surface area contributed by atoms with Crippen molar-refractivity contribution in [3.8, 4) is 0 Å². The molecular weight excluding hydrogens is 464 g/mol. The number of hydrogen-bond donors (Lipinski definition) is 3. The Morgan fingerprint density at radius 1 is 0.861 bits per heavy atom. The van der Waals surface area contributed by atoms with Crippen LogP contribution >= 0.6 is 0 Å². The van der Waals surface area contributed by atoms with E-state index in [9.17, 15) is 24.0 Å². The molecule has 1 heterocycles. The van der Waals surface area contributed by atoms with Crippen LogP contribution in [-0.4, -0.2) is 53.3 Å². The minimum atomic E-state index is -0.695. The molecule has 0 saturated carbocycles. The molecule has 36 heavy (non-hydrogen) atoms. The summed E-state index contributed by atoms with van der Waals surface area (Å²) < 4.78 is 5.10. The van der Waals surface area contributed by atoms with Gasteiger partial charge in [0.2, 0.25) is 11.8 Å². The van der Waals surface area contributed by atoms with Crippen LogP contribution < -0.4 is 16.0 Å². The van der Waals surface area contributed by atoms with Crippen LogP contribution in [-0.2, 0) is 20.9 Å². The zero-order valence-corrected chi connectivity index (χ0v) is 20.6. The Hall–Kier alpha value is -4.21. The first-order valence-corrected chi connectivity index (χ1v) is 11.6. The maximum absolute atomic E-state index is 12.4. The molecule has 10 heteroatoms. The summed E-state index contributed by atoms with van der Waals surface area (Å²) in [7, 11) is 0. The molecule has 3 rings (SSSR count). The minimum Gasteiger partial charge on any atom is -0.444 e. The van der Waals surface area contributed by atoms with E-state index in [0.717, 1.165) is 4.90 Å². The fraction of sp³-hybridized carbons (Fsp3) is 0.346. The molecule has 2 aromatic rings. The van der Waals surface area contributed by atoms with E-state index in [1.54, 1.807) is 69.3 Å². The molecule has 1 aliphatic heterocycles. The normalized spacial score (nSPS) is 12.7. The van der Waals surface area contributed by atoms with Crippen LogP contribution in [0.15, 0.2) is 48.5 Å². The van der Waals surface area contributed by atoms with Gasteiger partial charge >= 0.3 is 6.09 Å². The summed E-state index contributed by atoms with van der Waals surface area (Å²) in [6.07, 6.45) is -0.243. The molecule has 0 unspecified atom stereocenters. The van der Waals surface area contributed by atoms with Crippen LogP contribution in [0.5, 0.6) is 0 Å². The maximum Gasteiger partial charge on any atom is 0.408 e. The highest BCUT2D eigenvalue weighted by atomic mass is 16.6. The SMILES string of the molecule is CC(C)(C)OC(=O)NCC(=O)Nc1ccccc1CNC(=O)CCCN1C(=O)c2ccccc2C1=O. The van der Waals surface area contributed by atoms with Crippen molar-refractivity contribution in [2.45, 2.75) is 45.8 Å². The molecule has 1 aliphatic rings. The van der Waals surface area contributed by atoms with E-state index < -0.39 is 17.6 Å². The number of ether oxygens (including phenoxy) is 1. The van der Waals surface area contributed by atoms with E-state index >= 15 is 0 Å². The number of alkyl carbamates (subject to hydrolysis) is 1. The van der Waals surface area contributed by atoms with Crippen molar-refractivity contribution >= 4 is 35.4 Å². The Balaban J connectivity index is 1.43. The highest BCUT2D eigenvalue weighted by molar-refractivity contribution is 6.21. The quantitative estimate of drug-likeness (QED) is 0.459. The van der Waals surface area contributed by atoms with Gasteiger partial charge in [-0.25, -0.2) is 4.79 Å². The third-order valence-electron chi connectivity index (χ3n) is 5.22. The average molecular weight is 495 g/mol. The average Bonchev–Trinajstić information content (AvgIpc) is 3.06. The number of nitrogens with one attached hydrogen (secondary N) is 3.